The van der Waals surface area contributed by atoms with Crippen LogP contribution in [0, 0.1) is 5.92 Å². The average molecular weight is 307 g/mol. The van der Waals surface area contributed by atoms with Crippen molar-refractivity contribution in [3.05, 3.63) is 23.8 Å². The molecule has 0 spiro atoms. The van der Waals surface area contributed by atoms with Crippen LogP contribution >= 0.6 is 0 Å². The van der Waals surface area contributed by atoms with Gasteiger partial charge >= 0.3 is 0 Å². The number of hydrogen-bond acceptors (Lipinski definition) is 4. The SMILES string of the molecule is COc1cc(CNCCCC2CCCCC2O)cc(OC)c1. The fourth-order valence-corrected chi connectivity index (χ4v) is 3.22. The van der Waals surface area contributed by atoms with Crippen molar-refractivity contribution in [2.75, 3.05) is 20.8 Å². The Morgan fingerprint density at radius 3 is 2.41 bits per heavy atom. The van der Waals surface area contributed by atoms with Gasteiger partial charge in [0.1, 0.15) is 11.5 Å². The summed E-state index contributed by atoms with van der Waals surface area (Å²) in [5, 5.41) is 13.4. The lowest BCUT2D eigenvalue weighted by Crippen LogP contribution is -2.25. The molecule has 1 saturated carbocycles. The number of methoxy groups -OCH3 is 2. The molecule has 2 N–H and O–H groups in total. The van der Waals surface area contributed by atoms with Crippen LogP contribution in [-0.4, -0.2) is 32.0 Å². The molecule has 4 heteroatoms. The zero-order chi connectivity index (χ0) is 15.8. The standard InChI is InChI=1S/C18H29NO3/c1-21-16-10-14(11-17(12-16)22-2)13-19-9-5-7-15-6-3-4-8-18(15)20/h10-12,15,18-20H,3-9,13H2,1-2H3. The Morgan fingerprint density at radius 2 is 1.77 bits per heavy atom. The van der Waals surface area contributed by atoms with E-state index in [9.17, 15) is 5.11 Å². The van der Waals surface area contributed by atoms with Crippen LogP contribution in [0.15, 0.2) is 18.2 Å². The molecule has 0 aromatic heterocycles. The Balaban J connectivity index is 1.70. The molecule has 0 bridgehead atoms. The fourth-order valence-electron chi connectivity index (χ4n) is 3.22. The first-order chi connectivity index (χ1) is 10.7. The molecule has 1 aromatic rings. The van der Waals surface area contributed by atoms with Gasteiger partial charge in [-0.25, -0.2) is 0 Å². The zero-order valence-corrected chi connectivity index (χ0v) is 13.8. The van der Waals surface area contributed by atoms with Gasteiger partial charge in [0.05, 0.1) is 20.3 Å². The van der Waals surface area contributed by atoms with E-state index < -0.39 is 0 Å². The molecule has 0 radical (unpaired) electrons. The van der Waals surface area contributed by atoms with Gasteiger partial charge in [0.15, 0.2) is 0 Å². The van der Waals surface area contributed by atoms with E-state index >= 15 is 0 Å². The summed E-state index contributed by atoms with van der Waals surface area (Å²) in [6.07, 6.45) is 6.80. The third-order valence-corrected chi connectivity index (χ3v) is 4.54. The van der Waals surface area contributed by atoms with E-state index in [1.807, 2.05) is 18.2 Å². The van der Waals surface area contributed by atoms with Crippen molar-refractivity contribution in [2.45, 2.75) is 51.2 Å². The van der Waals surface area contributed by atoms with Gasteiger partial charge in [-0.15, -0.1) is 0 Å². The molecule has 2 rings (SSSR count). The maximum Gasteiger partial charge on any atom is 0.122 e. The first-order valence-electron chi connectivity index (χ1n) is 8.33. The average Bonchev–Trinajstić information content (AvgIpc) is 2.55. The van der Waals surface area contributed by atoms with Crippen LogP contribution in [-0.2, 0) is 6.54 Å². The van der Waals surface area contributed by atoms with Gasteiger partial charge in [-0.05, 0) is 55.8 Å². The van der Waals surface area contributed by atoms with Crippen LogP contribution in [0.1, 0.15) is 44.1 Å². The Kier molecular flexibility index (Phi) is 7.00. The van der Waals surface area contributed by atoms with E-state index in [1.165, 1.54) is 19.3 Å². The molecule has 0 saturated heterocycles. The Hall–Kier alpha value is -1.26. The van der Waals surface area contributed by atoms with Gasteiger partial charge in [-0.3, -0.25) is 0 Å². The fraction of sp³-hybridized carbons (Fsp3) is 0.667. The molecule has 1 aliphatic rings. The van der Waals surface area contributed by atoms with Gasteiger partial charge < -0.3 is 19.9 Å². The van der Waals surface area contributed by atoms with Gasteiger partial charge in [0.25, 0.3) is 0 Å². The van der Waals surface area contributed by atoms with Gasteiger partial charge in [-0.2, -0.15) is 0 Å². The van der Waals surface area contributed by atoms with Crippen LogP contribution in [0.3, 0.4) is 0 Å². The molecule has 2 atom stereocenters. The Labute approximate surface area is 133 Å². The highest BCUT2D eigenvalue weighted by Gasteiger charge is 2.21. The van der Waals surface area contributed by atoms with Crippen molar-refractivity contribution in [3.63, 3.8) is 0 Å². The minimum absolute atomic E-state index is 0.0728. The predicted octanol–water partition coefficient (Wildman–Crippen LogP) is 3.12. The number of hydrogen-bond donors (Lipinski definition) is 2. The molecule has 124 valence electrons. The molecule has 1 aromatic carbocycles. The molecule has 2 unspecified atom stereocenters. The van der Waals surface area contributed by atoms with Crippen LogP contribution in [0.25, 0.3) is 0 Å². The normalized spacial score (nSPS) is 21.6. The highest BCUT2D eigenvalue weighted by molar-refractivity contribution is 5.38. The van der Waals surface area contributed by atoms with Crippen molar-refractivity contribution in [2.24, 2.45) is 5.92 Å². The van der Waals surface area contributed by atoms with Crippen LogP contribution in [0.4, 0.5) is 0 Å². The number of nitrogens with one attached hydrogen (secondary N) is 1. The molecule has 0 heterocycles. The van der Waals surface area contributed by atoms with E-state index in [0.29, 0.717) is 5.92 Å². The molecular formula is C18H29NO3. The minimum atomic E-state index is -0.0728. The first kappa shape index (κ1) is 17.1. The van der Waals surface area contributed by atoms with E-state index in [0.717, 1.165) is 49.4 Å². The summed E-state index contributed by atoms with van der Waals surface area (Å²) < 4.78 is 10.6. The van der Waals surface area contributed by atoms with Gasteiger partial charge in [0, 0.05) is 12.6 Å². The van der Waals surface area contributed by atoms with Gasteiger partial charge in [-0.1, -0.05) is 12.8 Å². The summed E-state index contributed by atoms with van der Waals surface area (Å²) in [7, 11) is 3.34. The van der Waals surface area contributed by atoms with Gasteiger partial charge in [0.2, 0.25) is 0 Å². The highest BCUT2D eigenvalue weighted by Crippen LogP contribution is 2.27. The second-order valence-corrected chi connectivity index (χ2v) is 6.15. The second kappa shape index (κ2) is 9.01. The summed E-state index contributed by atoms with van der Waals surface area (Å²) in [6.45, 7) is 1.78. The number of aliphatic hydroxyl groups is 1. The molecule has 0 amide bonds. The lowest BCUT2D eigenvalue weighted by Gasteiger charge is -2.27. The van der Waals surface area contributed by atoms with Crippen molar-refractivity contribution >= 4 is 0 Å². The van der Waals surface area contributed by atoms with E-state index in [4.69, 9.17) is 9.47 Å². The van der Waals surface area contributed by atoms with Crippen molar-refractivity contribution < 1.29 is 14.6 Å². The summed E-state index contributed by atoms with van der Waals surface area (Å²) in [5.41, 5.74) is 1.16. The van der Waals surface area contributed by atoms with E-state index in [1.54, 1.807) is 14.2 Å². The minimum Gasteiger partial charge on any atom is -0.497 e. The predicted molar refractivity (Wildman–Crippen MR) is 88.5 cm³/mol. The number of ether oxygens (including phenoxy) is 2. The third-order valence-electron chi connectivity index (χ3n) is 4.54. The van der Waals surface area contributed by atoms with Crippen molar-refractivity contribution in [1.29, 1.82) is 0 Å². The highest BCUT2D eigenvalue weighted by atomic mass is 16.5. The smallest absolute Gasteiger partial charge is 0.122 e. The van der Waals surface area contributed by atoms with Crippen LogP contribution in [0.5, 0.6) is 11.5 Å². The maximum absolute atomic E-state index is 9.97. The molecule has 1 fully saturated rings. The Morgan fingerprint density at radius 1 is 1.09 bits per heavy atom. The zero-order valence-electron chi connectivity index (χ0n) is 13.8. The summed E-state index contributed by atoms with van der Waals surface area (Å²) in [4.78, 5) is 0. The molecule has 1 aliphatic carbocycles. The van der Waals surface area contributed by atoms with Crippen molar-refractivity contribution in [3.8, 4) is 11.5 Å². The van der Waals surface area contributed by atoms with E-state index in [-0.39, 0.29) is 6.10 Å². The summed E-state index contributed by atoms with van der Waals surface area (Å²) >= 11 is 0. The number of benzene rings is 1. The lowest BCUT2D eigenvalue weighted by molar-refractivity contribution is 0.0643. The monoisotopic (exact) mass is 307 g/mol. The van der Waals surface area contributed by atoms with Crippen LogP contribution < -0.4 is 14.8 Å². The van der Waals surface area contributed by atoms with E-state index in [2.05, 4.69) is 5.32 Å². The van der Waals surface area contributed by atoms with Crippen LogP contribution in [0.2, 0.25) is 0 Å². The topological polar surface area (TPSA) is 50.7 Å². The molecular weight excluding hydrogens is 278 g/mol. The largest absolute Gasteiger partial charge is 0.497 e. The second-order valence-electron chi connectivity index (χ2n) is 6.15. The molecule has 0 aliphatic heterocycles. The lowest BCUT2D eigenvalue weighted by atomic mass is 9.83. The van der Waals surface area contributed by atoms with Crippen molar-refractivity contribution in [1.82, 2.24) is 5.32 Å². The number of rotatable bonds is 8. The first-order valence-corrected chi connectivity index (χ1v) is 8.33. The number of aliphatic hydroxyl groups excluding tert-OH is 1. The quantitative estimate of drug-likeness (QED) is 0.725. The molecule has 22 heavy (non-hydrogen) atoms. The third kappa shape index (κ3) is 5.18. The molecule has 4 nitrogen and oxygen atoms in total. The Bertz CT molecular complexity index is 428. The summed E-state index contributed by atoms with van der Waals surface area (Å²) in [5.74, 6) is 2.15. The summed E-state index contributed by atoms with van der Waals surface area (Å²) in [6, 6.07) is 5.94. The maximum atomic E-state index is 9.97.